The lowest BCUT2D eigenvalue weighted by Crippen LogP contribution is -2.15. The van der Waals surface area contributed by atoms with Crippen molar-refractivity contribution in [3.63, 3.8) is 0 Å². The van der Waals surface area contributed by atoms with Crippen molar-refractivity contribution < 1.29 is 18.8 Å². The summed E-state index contributed by atoms with van der Waals surface area (Å²) in [6.45, 7) is 6.76. The highest BCUT2D eigenvalue weighted by Gasteiger charge is 2.21. The summed E-state index contributed by atoms with van der Waals surface area (Å²) >= 11 is 0. The highest BCUT2D eigenvalue weighted by Crippen LogP contribution is 2.35. The molecule has 10 heteroatoms. The molecule has 2 aromatic carbocycles. The maximum absolute atomic E-state index is 13.7. The molecule has 6 rings (SSSR count). The summed E-state index contributed by atoms with van der Waals surface area (Å²) in [6.07, 6.45) is 1.68. The van der Waals surface area contributed by atoms with E-state index in [0.29, 0.717) is 70.0 Å². The summed E-state index contributed by atoms with van der Waals surface area (Å²) in [6, 6.07) is 14.8. The molecule has 0 aliphatic carbocycles. The van der Waals surface area contributed by atoms with E-state index in [1.807, 2.05) is 54.9 Å². The number of aryl methyl sites for hydroxylation is 1. The Balaban J connectivity index is 1.45. The smallest absolute Gasteiger partial charge is 0.256 e. The van der Waals surface area contributed by atoms with E-state index in [9.17, 15) is 4.79 Å². The first-order valence-corrected chi connectivity index (χ1v) is 12.0. The third-order valence-electron chi connectivity index (χ3n) is 6.08. The monoisotopic (exact) mass is 496 g/mol. The van der Waals surface area contributed by atoms with Gasteiger partial charge < -0.3 is 19.3 Å². The van der Waals surface area contributed by atoms with Gasteiger partial charge in [-0.3, -0.25) is 4.79 Å². The first-order valence-electron chi connectivity index (χ1n) is 12.0. The van der Waals surface area contributed by atoms with Crippen LogP contribution in [0.3, 0.4) is 0 Å². The largest absolute Gasteiger partial charge is 0.486 e. The molecule has 0 spiro atoms. The topological polar surface area (TPSA) is 117 Å². The number of nitrogens with one attached hydrogen (secondary N) is 1. The number of ether oxygens (including phenoxy) is 2. The van der Waals surface area contributed by atoms with Crippen molar-refractivity contribution in [1.82, 2.24) is 24.9 Å². The quantitative estimate of drug-likeness (QED) is 0.359. The van der Waals surface area contributed by atoms with Crippen LogP contribution in [0.1, 0.15) is 36.1 Å². The standard InChI is InChI=1S/C27H24N6O4/c1-15(2)33-26-20(14-28-33)19(13-22(30-26)17-8-9-23-24(12-17)36-11-10-35-23)27(34)31-21-7-5-4-6-18(21)25-29-16(3)37-32-25/h4-9,12-15H,10-11H2,1-3H3,(H,31,34). The number of hydrogen-bond acceptors (Lipinski definition) is 8. The summed E-state index contributed by atoms with van der Waals surface area (Å²) in [5.74, 6) is 1.88. The molecule has 186 valence electrons. The van der Waals surface area contributed by atoms with Gasteiger partial charge in [0.2, 0.25) is 11.7 Å². The summed E-state index contributed by atoms with van der Waals surface area (Å²) in [5.41, 5.74) is 3.72. The zero-order valence-electron chi connectivity index (χ0n) is 20.6. The zero-order valence-corrected chi connectivity index (χ0v) is 20.6. The van der Waals surface area contributed by atoms with Gasteiger partial charge in [-0.2, -0.15) is 10.1 Å². The predicted molar refractivity (Wildman–Crippen MR) is 137 cm³/mol. The average molecular weight is 497 g/mol. The van der Waals surface area contributed by atoms with Crippen LogP contribution >= 0.6 is 0 Å². The number of carbonyl (C=O) groups is 1. The Morgan fingerprint density at radius 1 is 1.03 bits per heavy atom. The first-order chi connectivity index (χ1) is 18.0. The second-order valence-electron chi connectivity index (χ2n) is 8.97. The van der Waals surface area contributed by atoms with Crippen molar-refractivity contribution in [2.45, 2.75) is 26.8 Å². The second-order valence-corrected chi connectivity index (χ2v) is 8.97. The Hall–Kier alpha value is -4.73. The Kier molecular flexibility index (Phi) is 5.56. The van der Waals surface area contributed by atoms with Crippen LogP contribution in [-0.4, -0.2) is 44.0 Å². The highest BCUT2D eigenvalue weighted by molar-refractivity contribution is 6.13. The third-order valence-corrected chi connectivity index (χ3v) is 6.08. The molecule has 0 fully saturated rings. The van der Waals surface area contributed by atoms with Crippen molar-refractivity contribution in [1.29, 1.82) is 0 Å². The summed E-state index contributed by atoms with van der Waals surface area (Å²) < 4.78 is 18.4. The van der Waals surface area contributed by atoms with Gasteiger partial charge in [0.25, 0.3) is 5.91 Å². The third kappa shape index (κ3) is 4.16. The molecular formula is C27H24N6O4. The molecule has 37 heavy (non-hydrogen) atoms. The minimum absolute atomic E-state index is 0.0543. The normalized spacial score (nSPS) is 12.8. The van der Waals surface area contributed by atoms with E-state index in [0.717, 1.165) is 5.56 Å². The fourth-order valence-corrected chi connectivity index (χ4v) is 4.32. The van der Waals surface area contributed by atoms with Crippen molar-refractivity contribution in [3.8, 4) is 34.1 Å². The van der Waals surface area contributed by atoms with Gasteiger partial charge in [0.1, 0.15) is 13.2 Å². The zero-order chi connectivity index (χ0) is 25.5. The van der Waals surface area contributed by atoms with E-state index in [1.165, 1.54) is 0 Å². The molecule has 0 saturated carbocycles. The lowest BCUT2D eigenvalue weighted by Gasteiger charge is -2.19. The molecule has 10 nitrogen and oxygen atoms in total. The fourth-order valence-electron chi connectivity index (χ4n) is 4.32. The number of rotatable bonds is 5. The average Bonchev–Trinajstić information content (AvgIpc) is 3.54. The van der Waals surface area contributed by atoms with Crippen LogP contribution in [0.25, 0.3) is 33.7 Å². The van der Waals surface area contributed by atoms with Gasteiger partial charge in [0.15, 0.2) is 17.1 Å². The van der Waals surface area contributed by atoms with Crippen LogP contribution in [0.5, 0.6) is 11.5 Å². The fraction of sp³-hybridized carbons (Fsp3) is 0.222. The van der Waals surface area contributed by atoms with E-state index >= 15 is 0 Å². The number of anilines is 1. The molecule has 0 unspecified atom stereocenters. The minimum Gasteiger partial charge on any atom is -0.486 e. The number of pyridine rings is 1. The van der Waals surface area contributed by atoms with Gasteiger partial charge in [-0.15, -0.1) is 0 Å². The molecule has 1 N–H and O–H groups in total. The molecule has 1 aliphatic rings. The van der Waals surface area contributed by atoms with Crippen LogP contribution in [0.4, 0.5) is 5.69 Å². The first kappa shape index (κ1) is 22.7. The predicted octanol–water partition coefficient (Wildman–Crippen LogP) is 5.06. The number of fused-ring (bicyclic) bond motifs is 2. The molecule has 1 amide bonds. The number of carbonyl (C=O) groups excluding carboxylic acids is 1. The van der Waals surface area contributed by atoms with Gasteiger partial charge in [-0.1, -0.05) is 17.3 Å². The van der Waals surface area contributed by atoms with Crippen molar-refractivity contribution in [3.05, 3.63) is 66.2 Å². The number of hydrogen-bond donors (Lipinski definition) is 1. The Morgan fingerprint density at radius 3 is 2.62 bits per heavy atom. The number of para-hydroxylation sites is 1. The van der Waals surface area contributed by atoms with E-state index in [2.05, 4.69) is 20.6 Å². The Morgan fingerprint density at radius 2 is 1.84 bits per heavy atom. The van der Waals surface area contributed by atoms with Crippen molar-refractivity contribution in [2.24, 2.45) is 0 Å². The molecule has 4 heterocycles. The van der Waals surface area contributed by atoms with E-state index < -0.39 is 0 Å². The van der Waals surface area contributed by atoms with Gasteiger partial charge in [-0.05, 0) is 50.2 Å². The summed E-state index contributed by atoms with van der Waals surface area (Å²) in [4.78, 5) is 22.9. The number of benzene rings is 2. The summed E-state index contributed by atoms with van der Waals surface area (Å²) in [7, 11) is 0. The molecule has 0 atom stereocenters. The van der Waals surface area contributed by atoms with Crippen LogP contribution in [0, 0.1) is 6.92 Å². The SMILES string of the molecule is Cc1nc(-c2ccccc2NC(=O)c2cc(-c3ccc4c(c3)OCCO4)nc3c2cnn3C(C)C)no1. The van der Waals surface area contributed by atoms with Gasteiger partial charge in [-0.25, -0.2) is 9.67 Å². The van der Waals surface area contributed by atoms with Gasteiger partial charge in [0, 0.05) is 24.1 Å². The Labute approximate surface area is 212 Å². The maximum Gasteiger partial charge on any atom is 0.256 e. The second kappa shape index (κ2) is 9.05. The molecule has 3 aromatic heterocycles. The molecule has 0 bridgehead atoms. The number of nitrogens with zero attached hydrogens (tertiary/aromatic N) is 5. The Bertz CT molecular complexity index is 1640. The molecular weight excluding hydrogens is 472 g/mol. The van der Waals surface area contributed by atoms with E-state index in [4.69, 9.17) is 19.0 Å². The molecule has 5 aromatic rings. The van der Waals surface area contributed by atoms with Gasteiger partial charge >= 0.3 is 0 Å². The lowest BCUT2D eigenvalue weighted by molar-refractivity contribution is 0.102. The molecule has 1 aliphatic heterocycles. The number of aromatic nitrogens is 5. The summed E-state index contributed by atoms with van der Waals surface area (Å²) in [5, 5.41) is 12.2. The van der Waals surface area contributed by atoms with Crippen molar-refractivity contribution in [2.75, 3.05) is 18.5 Å². The van der Waals surface area contributed by atoms with Crippen molar-refractivity contribution >= 4 is 22.6 Å². The molecule has 0 saturated heterocycles. The highest BCUT2D eigenvalue weighted by atomic mass is 16.6. The lowest BCUT2D eigenvalue weighted by atomic mass is 10.0. The van der Waals surface area contributed by atoms with Gasteiger partial charge in [0.05, 0.1) is 28.5 Å². The molecule has 0 radical (unpaired) electrons. The van der Waals surface area contributed by atoms with E-state index in [-0.39, 0.29) is 11.9 Å². The van der Waals surface area contributed by atoms with Crippen LogP contribution in [0.15, 0.2) is 59.3 Å². The van der Waals surface area contributed by atoms with Crippen LogP contribution in [0.2, 0.25) is 0 Å². The minimum atomic E-state index is -0.304. The number of amides is 1. The van der Waals surface area contributed by atoms with E-state index in [1.54, 1.807) is 25.3 Å². The van der Waals surface area contributed by atoms with Crippen LogP contribution in [-0.2, 0) is 0 Å². The maximum atomic E-state index is 13.7. The van der Waals surface area contributed by atoms with Crippen LogP contribution < -0.4 is 14.8 Å².